The highest BCUT2D eigenvalue weighted by Crippen LogP contribution is 2.25. The predicted octanol–water partition coefficient (Wildman–Crippen LogP) is 11.8. The molecule has 0 spiro atoms. The number of allylic oxidation sites excluding steroid dienone is 4. The summed E-state index contributed by atoms with van der Waals surface area (Å²) in [6, 6.07) is 0. The van der Waals surface area contributed by atoms with E-state index in [9.17, 15) is 9.59 Å². The van der Waals surface area contributed by atoms with Crippen LogP contribution in [0, 0.1) is 24.2 Å². The maximum atomic E-state index is 13.1. The Labute approximate surface area is 326 Å². The molecule has 1 fully saturated rings. The SMILES string of the molecule is C[CH]CCCCC(CCCC)CCC(COC(=O)CCC(OCCCC/C=C\CC)OCCCC/C=C\CC)COC(=O)OCC1CCCN(CC)C1. The molecule has 1 radical (unpaired) electrons. The first-order valence-corrected chi connectivity index (χ1v) is 21.9. The molecule has 0 aromatic heterocycles. The second-order valence-electron chi connectivity index (χ2n) is 15.1. The van der Waals surface area contributed by atoms with Crippen molar-refractivity contribution in [3.63, 3.8) is 0 Å². The van der Waals surface area contributed by atoms with Crippen LogP contribution in [0.15, 0.2) is 24.3 Å². The molecule has 8 nitrogen and oxygen atoms in total. The van der Waals surface area contributed by atoms with Crippen LogP contribution in [0.25, 0.3) is 0 Å². The summed E-state index contributed by atoms with van der Waals surface area (Å²) in [6.45, 7) is 16.0. The molecule has 1 aliphatic rings. The van der Waals surface area contributed by atoms with Gasteiger partial charge in [0.1, 0.15) is 6.61 Å². The zero-order chi connectivity index (χ0) is 38.6. The lowest BCUT2D eigenvalue weighted by molar-refractivity contribution is -0.160. The number of carbonyl (C=O) groups excluding carboxylic acids is 2. The van der Waals surface area contributed by atoms with Gasteiger partial charge in [0.25, 0.3) is 0 Å². The monoisotopic (exact) mass is 749 g/mol. The lowest BCUT2D eigenvalue weighted by atomic mass is 9.88. The molecule has 0 bridgehead atoms. The van der Waals surface area contributed by atoms with E-state index in [1.807, 2.05) is 0 Å². The number of ether oxygens (including phenoxy) is 5. The van der Waals surface area contributed by atoms with Crippen LogP contribution in [-0.4, -0.2) is 76.0 Å². The van der Waals surface area contributed by atoms with Gasteiger partial charge in [-0.05, 0) is 102 Å². The van der Waals surface area contributed by atoms with Gasteiger partial charge < -0.3 is 28.6 Å². The van der Waals surface area contributed by atoms with Crippen LogP contribution in [0.1, 0.15) is 169 Å². The van der Waals surface area contributed by atoms with Gasteiger partial charge in [0.2, 0.25) is 0 Å². The van der Waals surface area contributed by atoms with E-state index in [1.54, 1.807) is 0 Å². The third-order valence-electron chi connectivity index (χ3n) is 10.2. The van der Waals surface area contributed by atoms with Crippen molar-refractivity contribution in [2.24, 2.45) is 17.8 Å². The van der Waals surface area contributed by atoms with Gasteiger partial charge in [-0.25, -0.2) is 4.79 Å². The smallest absolute Gasteiger partial charge is 0.465 e. The minimum absolute atomic E-state index is 0.0725. The Morgan fingerprint density at radius 1 is 0.698 bits per heavy atom. The Morgan fingerprint density at radius 2 is 1.34 bits per heavy atom. The molecule has 0 aliphatic carbocycles. The molecule has 0 saturated carbocycles. The molecular formula is C45H82NO7. The number of hydrogen-bond acceptors (Lipinski definition) is 8. The highest BCUT2D eigenvalue weighted by molar-refractivity contribution is 5.69. The quantitative estimate of drug-likeness (QED) is 0.0274. The Morgan fingerprint density at radius 3 is 1.98 bits per heavy atom. The van der Waals surface area contributed by atoms with Crippen molar-refractivity contribution in [3.8, 4) is 0 Å². The lowest BCUT2D eigenvalue weighted by Gasteiger charge is -2.31. The molecule has 8 heteroatoms. The molecule has 0 aromatic carbocycles. The van der Waals surface area contributed by atoms with Crippen molar-refractivity contribution in [1.29, 1.82) is 0 Å². The van der Waals surface area contributed by atoms with Crippen molar-refractivity contribution in [2.45, 2.75) is 176 Å². The molecule has 1 heterocycles. The summed E-state index contributed by atoms with van der Waals surface area (Å²) in [6.07, 6.45) is 31.6. The average Bonchev–Trinajstić information content (AvgIpc) is 3.17. The van der Waals surface area contributed by atoms with Crippen LogP contribution in [0.5, 0.6) is 0 Å². The second-order valence-corrected chi connectivity index (χ2v) is 15.1. The van der Waals surface area contributed by atoms with Gasteiger partial charge in [0.05, 0.1) is 19.6 Å². The summed E-state index contributed by atoms with van der Waals surface area (Å²) < 4.78 is 29.3. The first-order valence-electron chi connectivity index (χ1n) is 21.9. The van der Waals surface area contributed by atoms with Crippen LogP contribution in [0.2, 0.25) is 0 Å². The zero-order valence-corrected chi connectivity index (χ0v) is 35.0. The summed E-state index contributed by atoms with van der Waals surface area (Å²) in [4.78, 5) is 28.2. The van der Waals surface area contributed by atoms with E-state index in [-0.39, 0.29) is 31.5 Å². The first-order chi connectivity index (χ1) is 25.9. The molecule has 53 heavy (non-hydrogen) atoms. The van der Waals surface area contributed by atoms with E-state index in [2.05, 4.69) is 70.2 Å². The molecule has 3 atom stereocenters. The van der Waals surface area contributed by atoms with Crippen LogP contribution >= 0.6 is 0 Å². The third-order valence-corrected chi connectivity index (χ3v) is 10.2. The fourth-order valence-electron chi connectivity index (χ4n) is 6.84. The number of nitrogens with zero attached hydrogens (tertiary/aromatic N) is 1. The fraction of sp³-hybridized carbons (Fsp3) is 0.844. The van der Waals surface area contributed by atoms with E-state index in [4.69, 9.17) is 23.7 Å². The molecule has 309 valence electrons. The molecule has 1 rings (SSSR count). The molecule has 0 aromatic rings. The van der Waals surface area contributed by atoms with E-state index in [0.717, 1.165) is 103 Å². The number of hydrogen-bond donors (Lipinski definition) is 0. The molecule has 0 N–H and O–H groups in total. The van der Waals surface area contributed by atoms with Crippen molar-refractivity contribution < 1.29 is 33.3 Å². The number of carbonyl (C=O) groups is 2. The Balaban J connectivity index is 2.71. The van der Waals surface area contributed by atoms with Crippen LogP contribution < -0.4 is 0 Å². The number of unbranched alkanes of at least 4 members (excludes halogenated alkanes) is 8. The average molecular weight is 749 g/mol. The van der Waals surface area contributed by atoms with Gasteiger partial charge in [-0.3, -0.25) is 4.79 Å². The summed E-state index contributed by atoms with van der Waals surface area (Å²) in [5.41, 5.74) is 0. The molecular weight excluding hydrogens is 666 g/mol. The zero-order valence-electron chi connectivity index (χ0n) is 35.0. The number of esters is 1. The summed E-state index contributed by atoms with van der Waals surface area (Å²) in [5, 5.41) is 0. The lowest BCUT2D eigenvalue weighted by Crippen LogP contribution is -2.37. The van der Waals surface area contributed by atoms with Crippen LogP contribution in [-0.2, 0) is 28.5 Å². The van der Waals surface area contributed by atoms with Crippen molar-refractivity contribution in [1.82, 2.24) is 4.90 Å². The molecule has 1 aliphatic heterocycles. The third kappa shape index (κ3) is 29.1. The molecule has 3 unspecified atom stereocenters. The van der Waals surface area contributed by atoms with E-state index < -0.39 is 12.4 Å². The topological polar surface area (TPSA) is 83.5 Å². The van der Waals surface area contributed by atoms with Crippen molar-refractivity contribution >= 4 is 12.1 Å². The Bertz CT molecular complexity index is 885. The largest absolute Gasteiger partial charge is 0.508 e. The number of rotatable bonds is 35. The first kappa shape index (κ1) is 49.1. The molecule has 1 saturated heterocycles. The standard InChI is InChI=1S/C45H82NO7/c1-6-11-15-18-20-23-34-49-44(50-35-24-21-19-16-12-7-2)32-31-43(47)51-38-42(30-29-40(26-14-9-4)27-22-17-13-8-3)39-53-45(48)52-37-41-28-25-33-46(10-5)36-41/h8,11-12,15-16,40-42,44H,6-7,9-10,13-14,17-39H2,1-5H3/b15-11-,16-12-. The summed E-state index contributed by atoms with van der Waals surface area (Å²) in [7, 11) is 0. The normalized spacial score (nSPS) is 16.5. The fourth-order valence-corrected chi connectivity index (χ4v) is 6.84. The maximum absolute atomic E-state index is 13.1. The maximum Gasteiger partial charge on any atom is 0.508 e. The minimum Gasteiger partial charge on any atom is -0.465 e. The van der Waals surface area contributed by atoms with Crippen LogP contribution in [0.3, 0.4) is 0 Å². The predicted molar refractivity (Wildman–Crippen MR) is 219 cm³/mol. The summed E-state index contributed by atoms with van der Waals surface area (Å²) in [5.74, 6) is 0.641. The second kappa shape index (κ2) is 35.8. The van der Waals surface area contributed by atoms with Gasteiger partial charge in [-0.1, -0.05) is 104 Å². The van der Waals surface area contributed by atoms with E-state index in [0.29, 0.717) is 38.1 Å². The Hall–Kier alpha value is -1.90. The van der Waals surface area contributed by atoms with Crippen LogP contribution in [0.4, 0.5) is 4.79 Å². The summed E-state index contributed by atoms with van der Waals surface area (Å²) >= 11 is 0. The van der Waals surface area contributed by atoms with Gasteiger partial charge in [0.15, 0.2) is 6.29 Å². The van der Waals surface area contributed by atoms with Gasteiger partial charge >= 0.3 is 12.1 Å². The van der Waals surface area contributed by atoms with Crippen molar-refractivity contribution in [2.75, 3.05) is 52.7 Å². The highest BCUT2D eigenvalue weighted by Gasteiger charge is 2.23. The minimum atomic E-state index is -0.617. The molecule has 0 amide bonds. The van der Waals surface area contributed by atoms with Gasteiger partial charge in [-0.2, -0.15) is 0 Å². The van der Waals surface area contributed by atoms with E-state index >= 15 is 0 Å². The van der Waals surface area contributed by atoms with Crippen molar-refractivity contribution in [3.05, 3.63) is 30.7 Å². The van der Waals surface area contributed by atoms with Gasteiger partial charge in [0, 0.05) is 38.0 Å². The van der Waals surface area contributed by atoms with Gasteiger partial charge in [-0.15, -0.1) is 0 Å². The Kier molecular flexibility index (Phi) is 33.2. The van der Waals surface area contributed by atoms with E-state index in [1.165, 1.54) is 38.5 Å². The number of piperidine rings is 1. The highest BCUT2D eigenvalue weighted by atomic mass is 16.7. The number of likely N-dealkylation sites (tertiary alicyclic amines) is 1.